The maximum Gasteiger partial charge on any atom is 0.224 e. The van der Waals surface area contributed by atoms with Gasteiger partial charge in [-0.1, -0.05) is 0 Å². The summed E-state index contributed by atoms with van der Waals surface area (Å²) in [5.74, 6) is 0.761. The first-order valence-electron chi connectivity index (χ1n) is 8.35. The molecule has 2 aromatic heterocycles. The van der Waals surface area contributed by atoms with Crippen LogP contribution in [-0.4, -0.2) is 35.9 Å². The molecule has 1 amide bonds. The first-order chi connectivity index (χ1) is 12.2. The number of hydrogen-bond acceptors (Lipinski definition) is 5. The molecular formula is C17H19N7O. The molecule has 0 saturated heterocycles. The molecule has 1 aromatic carbocycles. The summed E-state index contributed by atoms with van der Waals surface area (Å²) in [6.07, 6.45) is 7.06. The molecule has 1 N–H and O–H groups in total. The highest BCUT2D eigenvalue weighted by atomic mass is 16.1. The Balaban J connectivity index is 1.36. The van der Waals surface area contributed by atoms with Crippen LogP contribution in [0.15, 0.2) is 36.7 Å². The monoisotopic (exact) mass is 337 g/mol. The lowest BCUT2D eigenvalue weighted by Crippen LogP contribution is -2.12. The van der Waals surface area contributed by atoms with Crippen molar-refractivity contribution in [1.29, 1.82) is 0 Å². The maximum absolute atomic E-state index is 12.1. The second-order valence-electron chi connectivity index (χ2n) is 6.33. The number of benzene rings is 1. The van der Waals surface area contributed by atoms with Gasteiger partial charge in [0.05, 0.1) is 12.2 Å². The van der Waals surface area contributed by atoms with Gasteiger partial charge in [0.2, 0.25) is 5.91 Å². The molecule has 1 aliphatic carbocycles. The number of tetrazole rings is 1. The summed E-state index contributed by atoms with van der Waals surface area (Å²) in [5, 5.41) is 19.0. The summed E-state index contributed by atoms with van der Waals surface area (Å²) in [6.45, 7) is 0. The Morgan fingerprint density at radius 1 is 1.28 bits per heavy atom. The molecule has 128 valence electrons. The van der Waals surface area contributed by atoms with E-state index in [2.05, 4.69) is 25.9 Å². The number of nitrogens with zero attached hydrogens (tertiary/aromatic N) is 6. The third kappa shape index (κ3) is 3.57. The molecule has 1 fully saturated rings. The van der Waals surface area contributed by atoms with E-state index < -0.39 is 0 Å². The molecule has 3 aromatic rings. The van der Waals surface area contributed by atoms with Crippen molar-refractivity contribution in [1.82, 2.24) is 30.0 Å². The molecule has 1 aliphatic rings. The summed E-state index contributed by atoms with van der Waals surface area (Å²) in [5.41, 5.74) is 2.77. The van der Waals surface area contributed by atoms with Crippen molar-refractivity contribution in [3.05, 3.63) is 42.2 Å². The van der Waals surface area contributed by atoms with Crippen LogP contribution >= 0.6 is 0 Å². The molecule has 0 radical (unpaired) electrons. The van der Waals surface area contributed by atoms with E-state index in [1.54, 1.807) is 10.9 Å². The zero-order chi connectivity index (χ0) is 17.2. The zero-order valence-electron chi connectivity index (χ0n) is 14.0. The molecule has 8 heteroatoms. The Morgan fingerprint density at radius 2 is 2.08 bits per heavy atom. The average molecular weight is 337 g/mol. The molecule has 1 saturated carbocycles. The minimum Gasteiger partial charge on any atom is -0.326 e. The van der Waals surface area contributed by atoms with Gasteiger partial charge >= 0.3 is 0 Å². The Hall–Kier alpha value is -3.03. The van der Waals surface area contributed by atoms with E-state index in [4.69, 9.17) is 0 Å². The van der Waals surface area contributed by atoms with E-state index in [1.807, 2.05) is 42.2 Å². The topological polar surface area (TPSA) is 90.5 Å². The van der Waals surface area contributed by atoms with E-state index in [0.29, 0.717) is 18.9 Å². The van der Waals surface area contributed by atoms with Gasteiger partial charge in [-0.2, -0.15) is 5.10 Å². The van der Waals surface area contributed by atoms with Crippen molar-refractivity contribution < 1.29 is 4.79 Å². The van der Waals surface area contributed by atoms with Crippen molar-refractivity contribution in [3.8, 4) is 11.4 Å². The van der Waals surface area contributed by atoms with Crippen LogP contribution < -0.4 is 5.32 Å². The Bertz CT molecular complexity index is 877. The smallest absolute Gasteiger partial charge is 0.224 e. The quantitative estimate of drug-likeness (QED) is 0.743. The normalized spacial score (nSPS) is 13.8. The summed E-state index contributed by atoms with van der Waals surface area (Å²) in [4.78, 5) is 12.1. The van der Waals surface area contributed by atoms with Crippen LogP contribution in [0.5, 0.6) is 0 Å². The molecule has 0 bridgehead atoms. The first-order valence-corrected chi connectivity index (χ1v) is 8.35. The first kappa shape index (κ1) is 15.5. The molecule has 0 unspecified atom stereocenters. The Labute approximate surface area is 144 Å². The number of amides is 1. The third-order valence-corrected chi connectivity index (χ3v) is 4.21. The number of anilines is 1. The zero-order valence-corrected chi connectivity index (χ0v) is 14.0. The van der Waals surface area contributed by atoms with Crippen LogP contribution in [0.25, 0.3) is 11.4 Å². The second-order valence-corrected chi connectivity index (χ2v) is 6.33. The number of hydrogen-bond donors (Lipinski definition) is 1. The number of rotatable bonds is 6. The standard InChI is InChI=1S/C17H19N7O/c1-23-11-12(10-18-23)2-9-16(25)19-14-5-3-13(4-6-14)17-20-21-22-24(17)15-7-8-15/h3-6,10-11,15H,2,7-9H2,1H3,(H,19,25). The van der Waals surface area contributed by atoms with Crippen LogP contribution in [0, 0.1) is 0 Å². The third-order valence-electron chi connectivity index (χ3n) is 4.21. The fraction of sp³-hybridized carbons (Fsp3) is 0.353. The van der Waals surface area contributed by atoms with Gasteiger partial charge in [-0.25, -0.2) is 4.68 Å². The Kier molecular flexibility index (Phi) is 4.01. The highest BCUT2D eigenvalue weighted by Gasteiger charge is 2.28. The van der Waals surface area contributed by atoms with Crippen molar-refractivity contribution in [3.63, 3.8) is 0 Å². The van der Waals surface area contributed by atoms with Crippen molar-refractivity contribution >= 4 is 11.6 Å². The second kappa shape index (κ2) is 6.46. The number of aromatic nitrogens is 6. The van der Waals surface area contributed by atoms with Crippen LogP contribution in [-0.2, 0) is 18.3 Å². The molecule has 8 nitrogen and oxygen atoms in total. The SMILES string of the molecule is Cn1cc(CCC(=O)Nc2ccc(-c3nnnn3C3CC3)cc2)cn1. The van der Waals surface area contributed by atoms with Crippen LogP contribution in [0.2, 0.25) is 0 Å². The summed E-state index contributed by atoms with van der Waals surface area (Å²) in [6, 6.07) is 8.05. The number of carbonyl (C=O) groups is 1. The van der Waals surface area contributed by atoms with Crippen molar-refractivity contribution in [2.24, 2.45) is 7.05 Å². The minimum atomic E-state index is -0.0144. The largest absolute Gasteiger partial charge is 0.326 e. The number of aryl methyl sites for hydroxylation is 2. The average Bonchev–Trinajstić information content (AvgIpc) is 3.18. The predicted molar refractivity (Wildman–Crippen MR) is 91.7 cm³/mol. The number of nitrogens with one attached hydrogen (secondary N) is 1. The summed E-state index contributed by atoms with van der Waals surface area (Å²) < 4.78 is 3.61. The summed E-state index contributed by atoms with van der Waals surface area (Å²) >= 11 is 0. The van der Waals surface area contributed by atoms with Crippen LogP contribution in [0.3, 0.4) is 0 Å². The van der Waals surface area contributed by atoms with Crippen molar-refractivity contribution in [2.75, 3.05) is 5.32 Å². The molecule has 4 rings (SSSR count). The van der Waals surface area contributed by atoms with Gasteiger partial charge in [-0.15, -0.1) is 5.10 Å². The molecule has 0 atom stereocenters. The lowest BCUT2D eigenvalue weighted by atomic mass is 10.1. The van der Waals surface area contributed by atoms with E-state index in [9.17, 15) is 4.79 Å². The highest BCUT2D eigenvalue weighted by molar-refractivity contribution is 5.91. The lowest BCUT2D eigenvalue weighted by molar-refractivity contribution is -0.116. The fourth-order valence-electron chi connectivity index (χ4n) is 2.73. The van der Waals surface area contributed by atoms with E-state index in [0.717, 1.165) is 35.5 Å². The molecule has 0 spiro atoms. The van der Waals surface area contributed by atoms with Gasteiger partial charge in [0, 0.05) is 30.9 Å². The maximum atomic E-state index is 12.1. The molecule has 0 aliphatic heterocycles. The Morgan fingerprint density at radius 3 is 2.76 bits per heavy atom. The van der Waals surface area contributed by atoms with Crippen LogP contribution in [0.1, 0.15) is 30.9 Å². The van der Waals surface area contributed by atoms with Gasteiger partial charge in [0.1, 0.15) is 0 Å². The van der Waals surface area contributed by atoms with E-state index in [1.165, 1.54) is 0 Å². The summed E-state index contributed by atoms with van der Waals surface area (Å²) in [7, 11) is 1.87. The lowest BCUT2D eigenvalue weighted by Gasteiger charge is -2.06. The molecule has 2 heterocycles. The van der Waals surface area contributed by atoms with E-state index >= 15 is 0 Å². The molecular weight excluding hydrogens is 318 g/mol. The highest BCUT2D eigenvalue weighted by Crippen LogP contribution is 2.36. The van der Waals surface area contributed by atoms with Gasteiger partial charge in [0.15, 0.2) is 5.82 Å². The van der Waals surface area contributed by atoms with Gasteiger partial charge < -0.3 is 5.32 Å². The predicted octanol–water partition coefficient (Wildman–Crippen LogP) is 1.98. The minimum absolute atomic E-state index is 0.0144. The number of carbonyl (C=O) groups excluding carboxylic acids is 1. The van der Waals surface area contributed by atoms with Crippen LogP contribution in [0.4, 0.5) is 5.69 Å². The fourth-order valence-corrected chi connectivity index (χ4v) is 2.73. The van der Waals surface area contributed by atoms with Gasteiger partial charge in [0.25, 0.3) is 0 Å². The van der Waals surface area contributed by atoms with E-state index in [-0.39, 0.29) is 5.91 Å². The molecule has 25 heavy (non-hydrogen) atoms. The van der Waals surface area contributed by atoms with Gasteiger partial charge in [-0.3, -0.25) is 9.48 Å². The van der Waals surface area contributed by atoms with Gasteiger partial charge in [-0.05, 0) is 59.5 Å². The van der Waals surface area contributed by atoms with Crippen molar-refractivity contribution in [2.45, 2.75) is 31.7 Å².